The SMILES string of the molecule is N#CCc1cc(C#N)c(C(F)F)nc1N. The van der Waals surface area contributed by atoms with Crippen molar-refractivity contribution in [3.63, 3.8) is 0 Å². The van der Waals surface area contributed by atoms with Crippen LogP contribution in [0.5, 0.6) is 0 Å². The molecule has 0 spiro atoms. The van der Waals surface area contributed by atoms with Gasteiger partial charge in [0.1, 0.15) is 17.6 Å². The lowest BCUT2D eigenvalue weighted by Gasteiger charge is -2.06. The van der Waals surface area contributed by atoms with Gasteiger partial charge in [0.2, 0.25) is 0 Å². The molecule has 6 heteroatoms. The van der Waals surface area contributed by atoms with Gasteiger partial charge in [0, 0.05) is 5.56 Å². The molecule has 0 aliphatic heterocycles. The van der Waals surface area contributed by atoms with Gasteiger partial charge in [0.15, 0.2) is 0 Å². The number of alkyl halides is 2. The molecule has 0 amide bonds. The molecule has 15 heavy (non-hydrogen) atoms. The lowest BCUT2D eigenvalue weighted by atomic mass is 10.1. The van der Waals surface area contributed by atoms with Crippen molar-refractivity contribution < 1.29 is 8.78 Å². The van der Waals surface area contributed by atoms with Crippen molar-refractivity contribution in [3.8, 4) is 12.1 Å². The Morgan fingerprint density at radius 1 is 1.47 bits per heavy atom. The maximum absolute atomic E-state index is 12.4. The summed E-state index contributed by atoms with van der Waals surface area (Å²) < 4.78 is 24.8. The fourth-order valence-corrected chi connectivity index (χ4v) is 1.07. The van der Waals surface area contributed by atoms with Crippen molar-refractivity contribution in [3.05, 3.63) is 22.9 Å². The number of nitrogen functional groups attached to an aromatic ring is 1. The Morgan fingerprint density at radius 2 is 2.13 bits per heavy atom. The standard InChI is InChI=1S/C9H6F2N4/c10-8(11)7-6(4-13)3-5(1-2-12)9(14)15-7/h3,8H,1H2,(H2,14,15). The van der Waals surface area contributed by atoms with Crippen molar-refractivity contribution in [1.29, 1.82) is 10.5 Å². The van der Waals surface area contributed by atoms with E-state index in [1.165, 1.54) is 6.07 Å². The van der Waals surface area contributed by atoms with Crippen LogP contribution in [0.1, 0.15) is 23.2 Å². The number of hydrogen-bond donors (Lipinski definition) is 1. The van der Waals surface area contributed by atoms with E-state index in [0.29, 0.717) is 5.56 Å². The zero-order valence-electron chi connectivity index (χ0n) is 7.54. The molecule has 1 aromatic rings. The second-order valence-corrected chi connectivity index (χ2v) is 2.71. The highest BCUT2D eigenvalue weighted by Gasteiger charge is 2.17. The molecule has 1 aromatic heterocycles. The summed E-state index contributed by atoms with van der Waals surface area (Å²) in [7, 11) is 0. The molecule has 0 aromatic carbocycles. The van der Waals surface area contributed by atoms with Gasteiger partial charge in [-0.15, -0.1) is 0 Å². The molecule has 0 saturated carbocycles. The molecule has 0 fully saturated rings. The van der Waals surface area contributed by atoms with E-state index in [1.54, 1.807) is 6.07 Å². The van der Waals surface area contributed by atoms with Gasteiger partial charge < -0.3 is 5.73 Å². The van der Waals surface area contributed by atoms with Gasteiger partial charge in [-0.05, 0) is 6.07 Å². The predicted molar refractivity (Wildman–Crippen MR) is 47.6 cm³/mol. The van der Waals surface area contributed by atoms with Gasteiger partial charge in [-0.3, -0.25) is 0 Å². The molecule has 2 N–H and O–H groups in total. The van der Waals surface area contributed by atoms with Crippen LogP contribution in [0.3, 0.4) is 0 Å². The molecule has 0 atom stereocenters. The van der Waals surface area contributed by atoms with Crippen molar-refractivity contribution >= 4 is 5.82 Å². The van der Waals surface area contributed by atoms with E-state index in [0.717, 1.165) is 0 Å². The van der Waals surface area contributed by atoms with Crippen LogP contribution in [0.2, 0.25) is 0 Å². The first-order valence-corrected chi connectivity index (χ1v) is 3.94. The third kappa shape index (κ3) is 2.18. The van der Waals surface area contributed by atoms with Crippen molar-refractivity contribution in [2.75, 3.05) is 5.73 Å². The van der Waals surface area contributed by atoms with Crippen molar-refractivity contribution in [1.82, 2.24) is 4.98 Å². The third-order valence-electron chi connectivity index (χ3n) is 1.76. The van der Waals surface area contributed by atoms with Crippen LogP contribution in [0.4, 0.5) is 14.6 Å². The van der Waals surface area contributed by atoms with Crippen LogP contribution in [0.15, 0.2) is 6.07 Å². The zero-order valence-corrected chi connectivity index (χ0v) is 7.54. The van der Waals surface area contributed by atoms with Crippen LogP contribution in [-0.2, 0) is 6.42 Å². The maximum atomic E-state index is 12.4. The Hall–Kier alpha value is -2.21. The second-order valence-electron chi connectivity index (χ2n) is 2.71. The number of nitrogens with zero attached hydrogens (tertiary/aromatic N) is 3. The molecule has 1 heterocycles. The average Bonchev–Trinajstić information content (AvgIpc) is 2.20. The van der Waals surface area contributed by atoms with Gasteiger partial charge >= 0.3 is 0 Å². The number of nitriles is 2. The Morgan fingerprint density at radius 3 is 2.60 bits per heavy atom. The van der Waals surface area contributed by atoms with E-state index in [1.807, 2.05) is 6.07 Å². The Labute approximate surface area is 84.6 Å². The van der Waals surface area contributed by atoms with Crippen LogP contribution in [0, 0.1) is 22.7 Å². The molecule has 0 bridgehead atoms. The number of nitrogens with two attached hydrogens (primary N) is 1. The molecule has 4 nitrogen and oxygen atoms in total. The van der Waals surface area contributed by atoms with Gasteiger partial charge in [-0.25, -0.2) is 13.8 Å². The summed E-state index contributed by atoms with van der Waals surface area (Å²) in [6.45, 7) is 0. The van der Waals surface area contributed by atoms with E-state index >= 15 is 0 Å². The first kappa shape index (κ1) is 10.9. The summed E-state index contributed by atoms with van der Waals surface area (Å²) in [6, 6.07) is 4.58. The van der Waals surface area contributed by atoms with Crippen LogP contribution >= 0.6 is 0 Å². The second kappa shape index (κ2) is 4.34. The van der Waals surface area contributed by atoms with Gasteiger partial charge in [0.25, 0.3) is 6.43 Å². The quantitative estimate of drug-likeness (QED) is 0.798. The summed E-state index contributed by atoms with van der Waals surface area (Å²) in [5.74, 6) is -0.133. The lowest BCUT2D eigenvalue weighted by molar-refractivity contribution is 0.146. The molecule has 0 aliphatic rings. The number of halogens is 2. The minimum absolute atomic E-state index is 0.0585. The highest BCUT2D eigenvalue weighted by molar-refractivity contribution is 5.49. The summed E-state index contributed by atoms with van der Waals surface area (Å²) in [4.78, 5) is 3.42. The summed E-state index contributed by atoms with van der Waals surface area (Å²) >= 11 is 0. The van der Waals surface area contributed by atoms with Crippen molar-refractivity contribution in [2.45, 2.75) is 12.8 Å². The number of anilines is 1. The highest BCUT2D eigenvalue weighted by Crippen LogP contribution is 2.24. The Balaban J connectivity index is 3.32. The molecule has 76 valence electrons. The van der Waals surface area contributed by atoms with Crippen LogP contribution in [-0.4, -0.2) is 4.98 Å². The minimum atomic E-state index is -2.85. The Kier molecular flexibility index (Phi) is 3.14. The Bertz CT molecular complexity index is 456. The number of aromatic nitrogens is 1. The largest absolute Gasteiger partial charge is 0.383 e. The molecule has 0 aliphatic carbocycles. The van der Waals surface area contributed by atoms with Crippen LogP contribution < -0.4 is 5.73 Å². The minimum Gasteiger partial charge on any atom is -0.383 e. The number of rotatable bonds is 2. The van der Waals surface area contributed by atoms with Gasteiger partial charge in [-0.1, -0.05) is 0 Å². The number of hydrogen-bond acceptors (Lipinski definition) is 4. The van der Waals surface area contributed by atoms with Crippen molar-refractivity contribution in [2.24, 2.45) is 0 Å². The first-order valence-electron chi connectivity index (χ1n) is 3.94. The first-order chi connectivity index (χ1) is 7.10. The third-order valence-corrected chi connectivity index (χ3v) is 1.76. The summed E-state index contributed by atoms with van der Waals surface area (Å²) in [5.41, 5.74) is 4.77. The zero-order chi connectivity index (χ0) is 11.4. The van der Waals surface area contributed by atoms with E-state index in [9.17, 15) is 8.78 Å². The highest BCUT2D eigenvalue weighted by atomic mass is 19.3. The molecule has 0 radical (unpaired) electrons. The number of pyridine rings is 1. The van der Waals surface area contributed by atoms with E-state index in [-0.39, 0.29) is 17.8 Å². The van der Waals surface area contributed by atoms with Gasteiger partial charge in [0.05, 0.1) is 18.1 Å². The molecule has 0 saturated heterocycles. The molecule has 1 rings (SSSR count). The average molecular weight is 208 g/mol. The normalized spacial score (nSPS) is 9.67. The molecule has 0 unspecified atom stereocenters. The van der Waals surface area contributed by atoms with Gasteiger partial charge in [-0.2, -0.15) is 10.5 Å². The summed E-state index contributed by atoms with van der Waals surface area (Å²) in [5, 5.41) is 17.0. The fourth-order valence-electron chi connectivity index (χ4n) is 1.07. The predicted octanol–water partition coefficient (Wildman–Crippen LogP) is 1.54. The molecular formula is C9H6F2N4. The van der Waals surface area contributed by atoms with Crippen LogP contribution in [0.25, 0.3) is 0 Å². The van der Waals surface area contributed by atoms with E-state index in [2.05, 4.69) is 4.98 Å². The van der Waals surface area contributed by atoms with E-state index < -0.39 is 12.1 Å². The topological polar surface area (TPSA) is 86.5 Å². The maximum Gasteiger partial charge on any atom is 0.281 e. The van der Waals surface area contributed by atoms with E-state index in [4.69, 9.17) is 16.3 Å². The summed E-state index contributed by atoms with van der Waals surface area (Å²) in [6.07, 6.45) is -2.91. The lowest BCUT2D eigenvalue weighted by Crippen LogP contribution is -2.04. The fraction of sp³-hybridized carbons (Fsp3) is 0.222. The molecular weight excluding hydrogens is 202 g/mol. The monoisotopic (exact) mass is 208 g/mol. The smallest absolute Gasteiger partial charge is 0.281 e.